The summed E-state index contributed by atoms with van der Waals surface area (Å²) in [6.45, 7) is 5.00. The van der Waals surface area contributed by atoms with E-state index in [1.54, 1.807) is 6.07 Å². The van der Waals surface area contributed by atoms with E-state index in [-0.39, 0.29) is 0 Å². The van der Waals surface area contributed by atoms with Crippen LogP contribution in [0.4, 0.5) is 8.78 Å². The van der Waals surface area contributed by atoms with Gasteiger partial charge in [-0.05, 0) is 32.5 Å². The molecule has 0 amide bonds. The summed E-state index contributed by atoms with van der Waals surface area (Å²) < 4.78 is 26.4. The highest BCUT2D eigenvalue weighted by atomic mass is 19.1. The van der Waals surface area contributed by atoms with Gasteiger partial charge in [0.15, 0.2) is 0 Å². The fraction of sp³-hybridized carbons (Fsp3) is 0.600. The van der Waals surface area contributed by atoms with Crippen molar-refractivity contribution in [2.45, 2.75) is 19.4 Å². The standard InChI is InChI=1S/C15H20F2N2/c1-18-6-2-5-15(9-18)10-19(11-15)8-12-3-4-13(16)7-14(12)17/h3-4,7H,2,5-6,8-11H2,1H3. The molecule has 0 atom stereocenters. The molecule has 2 saturated heterocycles. The Morgan fingerprint density at radius 2 is 2.00 bits per heavy atom. The van der Waals surface area contributed by atoms with Crippen LogP contribution in [0.5, 0.6) is 0 Å². The topological polar surface area (TPSA) is 6.48 Å². The van der Waals surface area contributed by atoms with Crippen molar-refractivity contribution in [3.8, 4) is 0 Å². The quantitative estimate of drug-likeness (QED) is 0.811. The Bertz CT molecular complexity index is 469. The molecule has 2 nitrogen and oxygen atoms in total. The van der Waals surface area contributed by atoms with Crippen LogP contribution in [0.1, 0.15) is 18.4 Å². The van der Waals surface area contributed by atoms with Gasteiger partial charge in [-0.1, -0.05) is 6.07 Å². The molecule has 2 fully saturated rings. The summed E-state index contributed by atoms with van der Waals surface area (Å²) in [7, 11) is 2.17. The molecule has 2 heterocycles. The molecule has 104 valence electrons. The highest BCUT2D eigenvalue weighted by molar-refractivity contribution is 5.19. The van der Waals surface area contributed by atoms with Gasteiger partial charge in [-0.2, -0.15) is 0 Å². The second-order valence-corrected chi connectivity index (χ2v) is 6.22. The predicted octanol–water partition coefficient (Wildman–Crippen LogP) is 2.49. The lowest BCUT2D eigenvalue weighted by atomic mass is 9.73. The van der Waals surface area contributed by atoms with Gasteiger partial charge in [0.05, 0.1) is 0 Å². The number of nitrogens with zero attached hydrogens (tertiary/aromatic N) is 2. The van der Waals surface area contributed by atoms with Crippen molar-refractivity contribution in [2.75, 3.05) is 33.2 Å². The molecule has 1 aromatic carbocycles. The number of hydrogen-bond acceptors (Lipinski definition) is 2. The second kappa shape index (κ2) is 4.84. The fourth-order valence-electron chi connectivity index (χ4n) is 3.62. The van der Waals surface area contributed by atoms with Crippen LogP contribution in [0.2, 0.25) is 0 Å². The molecule has 0 saturated carbocycles. The van der Waals surface area contributed by atoms with Crippen LogP contribution in [0.25, 0.3) is 0 Å². The van der Waals surface area contributed by atoms with E-state index in [0.29, 0.717) is 17.5 Å². The van der Waals surface area contributed by atoms with Crippen molar-refractivity contribution in [1.29, 1.82) is 0 Å². The van der Waals surface area contributed by atoms with Gasteiger partial charge >= 0.3 is 0 Å². The minimum absolute atomic E-state index is 0.420. The molecule has 19 heavy (non-hydrogen) atoms. The lowest BCUT2D eigenvalue weighted by Gasteiger charge is -2.54. The maximum Gasteiger partial charge on any atom is 0.130 e. The van der Waals surface area contributed by atoms with Gasteiger partial charge in [0.2, 0.25) is 0 Å². The third-order valence-electron chi connectivity index (χ3n) is 4.38. The molecule has 2 aliphatic rings. The molecule has 0 N–H and O–H groups in total. The van der Waals surface area contributed by atoms with Crippen LogP contribution in [-0.2, 0) is 6.54 Å². The van der Waals surface area contributed by atoms with E-state index in [9.17, 15) is 8.78 Å². The van der Waals surface area contributed by atoms with E-state index in [0.717, 1.165) is 25.7 Å². The first-order valence-electron chi connectivity index (χ1n) is 6.91. The molecule has 2 aliphatic heterocycles. The first-order chi connectivity index (χ1) is 9.06. The van der Waals surface area contributed by atoms with Gasteiger partial charge in [0.25, 0.3) is 0 Å². The number of likely N-dealkylation sites (tertiary alicyclic amines) is 2. The summed E-state index contributed by atoms with van der Waals surface area (Å²) in [5.41, 5.74) is 1.02. The van der Waals surface area contributed by atoms with Gasteiger partial charge in [-0.25, -0.2) is 8.78 Å². The second-order valence-electron chi connectivity index (χ2n) is 6.22. The van der Waals surface area contributed by atoms with Crippen molar-refractivity contribution < 1.29 is 8.78 Å². The Kier molecular flexibility index (Phi) is 3.31. The summed E-state index contributed by atoms with van der Waals surface area (Å²) in [5, 5.41) is 0. The van der Waals surface area contributed by atoms with Gasteiger partial charge in [0, 0.05) is 43.2 Å². The lowest BCUT2D eigenvalue weighted by molar-refractivity contribution is -0.0531. The maximum absolute atomic E-state index is 13.6. The third kappa shape index (κ3) is 2.65. The van der Waals surface area contributed by atoms with E-state index >= 15 is 0 Å². The highest BCUT2D eigenvalue weighted by Crippen LogP contribution is 2.39. The van der Waals surface area contributed by atoms with E-state index in [1.165, 1.54) is 25.5 Å². The third-order valence-corrected chi connectivity index (χ3v) is 4.38. The predicted molar refractivity (Wildman–Crippen MR) is 70.8 cm³/mol. The summed E-state index contributed by atoms with van der Waals surface area (Å²) in [6.07, 6.45) is 2.54. The van der Waals surface area contributed by atoms with Crippen LogP contribution in [0.15, 0.2) is 18.2 Å². The molecule has 1 aromatic rings. The SMILES string of the molecule is CN1CCCC2(C1)CN(Cc1ccc(F)cc1F)C2. The normalized spacial score (nSPS) is 23.5. The van der Waals surface area contributed by atoms with Crippen LogP contribution in [0.3, 0.4) is 0 Å². The van der Waals surface area contributed by atoms with E-state index in [1.807, 2.05) is 0 Å². The molecular weight excluding hydrogens is 246 g/mol. The highest BCUT2D eigenvalue weighted by Gasteiger charge is 2.44. The zero-order valence-electron chi connectivity index (χ0n) is 11.3. The van der Waals surface area contributed by atoms with Crippen LogP contribution >= 0.6 is 0 Å². The van der Waals surface area contributed by atoms with E-state index in [2.05, 4.69) is 16.8 Å². The van der Waals surface area contributed by atoms with Crippen molar-refractivity contribution in [3.63, 3.8) is 0 Å². The van der Waals surface area contributed by atoms with Gasteiger partial charge in [-0.3, -0.25) is 4.90 Å². The summed E-state index contributed by atoms with van der Waals surface area (Å²) >= 11 is 0. The minimum Gasteiger partial charge on any atom is -0.306 e. The molecule has 0 aromatic heterocycles. The van der Waals surface area contributed by atoms with Crippen LogP contribution < -0.4 is 0 Å². The van der Waals surface area contributed by atoms with Gasteiger partial charge < -0.3 is 4.90 Å². The molecule has 0 aliphatic carbocycles. The largest absolute Gasteiger partial charge is 0.306 e. The molecule has 0 radical (unpaired) electrons. The molecule has 4 heteroatoms. The van der Waals surface area contributed by atoms with Crippen LogP contribution in [0, 0.1) is 17.0 Å². The molecule has 0 bridgehead atoms. The Morgan fingerprint density at radius 3 is 2.68 bits per heavy atom. The monoisotopic (exact) mass is 266 g/mol. The summed E-state index contributed by atoms with van der Waals surface area (Å²) in [4.78, 5) is 4.65. The Morgan fingerprint density at radius 1 is 1.21 bits per heavy atom. The van der Waals surface area contributed by atoms with Gasteiger partial charge in [-0.15, -0.1) is 0 Å². The number of hydrogen-bond donors (Lipinski definition) is 0. The Balaban J connectivity index is 1.59. The van der Waals surface area contributed by atoms with Crippen molar-refractivity contribution in [2.24, 2.45) is 5.41 Å². The van der Waals surface area contributed by atoms with E-state index in [4.69, 9.17) is 0 Å². The minimum atomic E-state index is -0.504. The fourth-order valence-corrected chi connectivity index (χ4v) is 3.62. The zero-order valence-corrected chi connectivity index (χ0v) is 11.3. The Labute approximate surface area is 113 Å². The van der Waals surface area contributed by atoms with E-state index < -0.39 is 11.6 Å². The average molecular weight is 266 g/mol. The number of piperidine rings is 1. The summed E-state index contributed by atoms with van der Waals surface area (Å²) in [5.74, 6) is -0.933. The van der Waals surface area contributed by atoms with Crippen molar-refractivity contribution in [3.05, 3.63) is 35.4 Å². The van der Waals surface area contributed by atoms with Crippen LogP contribution in [-0.4, -0.2) is 43.0 Å². The summed E-state index contributed by atoms with van der Waals surface area (Å²) in [6, 6.07) is 3.87. The molecule has 3 rings (SSSR count). The molecule has 1 spiro atoms. The van der Waals surface area contributed by atoms with Gasteiger partial charge in [0.1, 0.15) is 11.6 Å². The smallest absolute Gasteiger partial charge is 0.130 e. The van der Waals surface area contributed by atoms with Crippen molar-refractivity contribution >= 4 is 0 Å². The average Bonchev–Trinajstić information content (AvgIpc) is 2.30. The first kappa shape index (κ1) is 13.0. The van der Waals surface area contributed by atoms with Crippen molar-refractivity contribution in [1.82, 2.24) is 9.80 Å². The first-order valence-corrected chi connectivity index (χ1v) is 6.91. The lowest BCUT2D eigenvalue weighted by Crippen LogP contribution is -2.61. The number of rotatable bonds is 2. The Hall–Kier alpha value is -1.00. The molecular formula is C15H20F2N2. The zero-order chi connectivity index (χ0) is 13.5. The maximum atomic E-state index is 13.6. The number of benzene rings is 1. The number of halogens is 2. The molecule has 0 unspecified atom stereocenters.